The second kappa shape index (κ2) is 11.3. The molecule has 0 atom stereocenters. The highest BCUT2D eigenvalue weighted by Crippen LogP contribution is 1.93. The third-order valence-corrected chi connectivity index (χ3v) is 2.60. The van der Waals surface area contributed by atoms with Crippen molar-refractivity contribution in [3.8, 4) is 0 Å². The molecule has 7 heteroatoms. The molecule has 21 heavy (non-hydrogen) atoms. The van der Waals surface area contributed by atoms with Crippen LogP contribution < -0.4 is 5.32 Å². The summed E-state index contributed by atoms with van der Waals surface area (Å²) in [5.41, 5.74) is 0. The van der Waals surface area contributed by atoms with E-state index in [-0.39, 0.29) is 0 Å². The Morgan fingerprint density at radius 3 is 0.905 bits per heavy atom. The van der Waals surface area contributed by atoms with Crippen molar-refractivity contribution in [1.82, 2.24) is 34.7 Å². The first-order chi connectivity index (χ1) is 9.70. The zero-order chi connectivity index (χ0) is 16.4. The molecule has 0 bridgehead atoms. The van der Waals surface area contributed by atoms with Gasteiger partial charge in [0.25, 0.3) is 0 Å². The first kappa shape index (κ1) is 20.7. The van der Waals surface area contributed by atoms with E-state index in [9.17, 15) is 0 Å². The molecule has 0 aromatic rings. The van der Waals surface area contributed by atoms with Gasteiger partial charge in [0.1, 0.15) is 0 Å². The monoisotopic (exact) mass is 303 g/mol. The molecule has 128 valence electrons. The van der Waals surface area contributed by atoms with Gasteiger partial charge in [-0.25, -0.2) is 0 Å². The fourth-order valence-electron chi connectivity index (χ4n) is 2.26. The normalized spacial score (nSPS) is 12.9. The average Bonchev–Trinajstić information content (AvgIpc) is 2.24. The molecule has 0 saturated heterocycles. The smallest absolute Gasteiger partial charge is 0.0525 e. The van der Waals surface area contributed by atoms with E-state index in [0.717, 1.165) is 40.0 Å². The van der Waals surface area contributed by atoms with Gasteiger partial charge in [0.05, 0.1) is 40.0 Å². The van der Waals surface area contributed by atoms with Crippen molar-refractivity contribution in [2.75, 3.05) is 96.4 Å². The molecule has 0 aromatic carbocycles. The standard InChI is InChI=1S/C14H37N7/c1-16(2)11-20(12-17(3)4)9-15-10-21(13-18(5)6)14-19(7)8/h15H,9-14H2,1-8H3. The molecule has 0 rings (SSSR count). The first-order valence-electron chi connectivity index (χ1n) is 7.45. The lowest BCUT2D eigenvalue weighted by atomic mass is 10.6. The Labute approximate surface area is 132 Å². The maximum Gasteiger partial charge on any atom is 0.0525 e. The Morgan fingerprint density at radius 1 is 0.476 bits per heavy atom. The Bertz CT molecular complexity index is 199. The van der Waals surface area contributed by atoms with Crippen LogP contribution in [0.1, 0.15) is 0 Å². The largest absolute Gasteiger partial charge is 0.297 e. The Balaban J connectivity index is 4.21. The van der Waals surface area contributed by atoms with E-state index in [1.807, 2.05) is 0 Å². The van der Waals surface area contributed by atoms with Crippen LogP contribution in [0.4, 0.5) is 0 Å². The van der Waals surface area contributed by atoms with Crippen molar-refractivity contribution < 1.29 is 0 Å². The molecule has 0 amide bonds. The van der Waals surface area contributed by atoms with E-state index in [4.69, 9.17) is 0 Å². The number of nitrogens with one attached hydrogen (secondary N) is 1. The van der Waals surface area contributed by atoms with Gasteiger partial charge in [0.15, 0.2) is 0 Å². The van der Waals surface area contributed by atoms with Gasteiger partial charge in [-0.2, -0.15) is 0 Å². The van der Waals surface area contributed by atoms with Crippen molar-refractivity contribution in [3.05, 3.63) is 0 Å². The third kappa shape index (κ3) is 13.1. The fraction of sp³-hybridized carbons (Fsp3) is 1.00. The SMILES string of the molecule is CN(C)CN(CNCN(CN(C)C)CN(C)C)CN(C)C. The number of hydrogen-bond donors (Lipinski definition) is 1. The summed E-state index contributed by atoms with van der Waals surface area (Å²) in [6, 6.07) is 0. The van der Waals surface area contributed by atoms with E-state index in [2.05, 4.69) is 91.1 Å². The van der Waals surface area contributed by atoms with Crippen LogP contribution in [0.5, 0.6) is 0 Å². The summed E-state index contributed by atoms with van der Waals surface area (Å²) in [4.78, 5) is 13.5. The van der Waals surface area contributed by atoms with Gasteiger partial charge in [-0.05, 0) is 56.4 Å². The van der Waals surface area contributed by atoms with Crippen molar-refractivity contribution >= 4 is 0 Å². The van der Waals surface area contributed by atoms with Crippen molar-refractivity contribution in [3.63, 3.8) is 0 Å². The molecule has 0 heterocycles. The van der Waals surface area contributed by atoms with E-state index in [1.165, 1.54) is 0 Å². The van der Waals surface area contributed by atoms with Crippen molar-refractivity contribution in [2.24, 2.45) is 0 Å². The van der Waals surface area contributed by atoms with E-state index in [0.29, 0.717) is 0 Å². The fourth-order valence-corrected chi connectivity index (χ4v) is 2.26. The van der Waals surface area contributed by atoms with Crippen LogP contribution in [0, 0.1) is 0 Å². The quantitative estimate of drug-likeness (QED) is 0.471. The van der Waals surface area contributed by atoms with Gasteiger partial charge in [0, 0.05) is 0 Å². The zero-order valence-electron chi connectivity index (χ0n) is 15.4. The van der Waals surface area contributed by atoms with Gasteiger partial charge in [-0.3, -0.25) is 34.7 Å². The summed E-state index contributed by atoms with van der Waals surface area (Å²) < 4.78 is 0. The van der Waals surface area contributed by atoms with Crippen molar-refractivity contribution in [1.29, 1.82) is 0 Å². The van der Waals surface area contributed by atoms with Crippen LogP contribution in [0.25, 0.3) is 0 Å². The van der Waals surface area contributed by atoms with Crippen LogP contribution >= 0.6 is 0 Å². The molecule has 0 aromatic heterocycles. The first-order valence-corrected chi connectivity index (χ1v) is 7.45. The predicted molar refractivity (Wildman–Crippen MR) is 90.8 cm³/mol. The van der Waals surface area contributed by atoms with Crippen LogP contribution in [-0.2, 0) is 0 Å². The molecule has 1 N–H and O–H groups in total. The van der Waals surface area contributed by atoms with Crippen LogP contribution in [0.3, 0.4) is 0 Å². The van der Waals surface area contributed by atoms with Gasteiger partial charge in [-0.15, -0.1) is 0 Å². The summed E-state index contributed by atoms with van der Waals surface area (Å²) in [5.74, 6) is 0. The summed E-state index contributed by atoms with van der Waals surface area (Å²) in [7, 11) is 16.8. The van der Waals surface area contributed by atoms with E-state index >= 15 is 0 Å². The molecule has 0 aliphatic rings. The molecule has 0 radical (unpaired) electrons. The summed E-state index contributed by atoms with van der Waals surface area (Å²) in [6.07, 6.45) is 0. The minimum Gasteiger partial charge on any atom is -0.297 e. The lowest BCUT2D eigenvalue weighted by molar-refractivity contribution is 0.0775. The van der Waals surface area contributed by atoms with Crippen molar-refractivity contribution in [2.45, 2.75) is 0 Å². The summed E-state index contributed by atoms with van der Waals surface area (Å²) in [5, 5.41) is 3.55. The highest BCUT2D eigenvalue weighted by Gasteiger charge is 2.10. The summed E-state index contributed by atoms with van der Waals surface area (Å²) in [6.45, 7) is 5.57. The maximum absolute atomic E-state index is 3.55. The molecule has 0 saturated carbocycles. The molecule has 7 nitrogen and oxygen atoms in total. The van der Waals surface area contributed by atoms with Crippen LogP contribution in [-0.4, -0.2) is 126 Å². The van der Waals surface area contributed by atoms with Crippen LogP contribution in [0.15, 0.2) is 0 Å². The number of rotatable bonds is 12. The Morgan fingerprint density at radius 2 is 0.714 bits per heavy atom. The topological polar surface area (TPSA) is 31.5 Å². The third-order valence-electron chi connectivity index (χ3n) is 2.60. The van der Waals surface area contributed by atoms with E-state index in [1.54, 1.807) is 0 Å². The molecule has 0 spiro atoms. The molecule has 0 unspecified atom stereocenters. The molecule has 0 aliphatic carbocycles. The minimum absolute atomic E-state index is 0.883. The maximum atomic E-state index is 3.55. The molecular formula is C14H37N7. The second-order valence-electron chi connectivity index (χ2n) is 6.79. The van der Waals surface area contributed by atoms with Gasteiger partial charge in [-0.1, -0.05) is 0 Å². The predicted octanol–water partition coefficient (Wildman–Crippen LogP) is -0.829. The summed E-state index contributed by atoms with van der Waals surface area (Å²) >= 11 is 0. The number of nitrogens with zero attached hydrogens (tertiary/aromatic N) is 6. The highest BCUT2D eigenvalue weighted by molar-refractivity contribution is 4.57. The second-order valence-corrected chi connectivity index (χ2v) is 6.79. The Hall–Kier alpha value is -0.280. The molecular weight excluding hydrogens is 266 g/mol. The molecule has 0 fully saturated rings. The Kier molecular flexibility index (Phi) is 11.2. The van der Waals surface area contributed by atoms with E-state index < -0.39 is 0 Å². The number of hydrogen-bond acceptors (Lipinski definition) is 7. The van der Waals surface area contributed by atoms with Gasteiger partial charge in [0.2, 0.25) is 0 Å². The lowest BCUT2D eigenvalue weighted by Crippen LogP contribution is -2.49. The zero-order valence-corrected chi connectivity index (χ0v) is 15.4. The molecule has 0 aliphatic heterocycles. The van der Waals surface area contributed by atoms with Gasteiger partial charge < -0.3 is 0 Å². The highest BCUT2D eigenvalue weighted by atomic mass is 15.4. The lowest BCUT2D eigenvalue weighted by Gasteiger charge is -2.32. The minimum atomic E-state index is 0.883. The van der Waals surface area contributed by atoms with Gasteiger partial charge >= 0.3 is 0 Å². The van der Waals surface area contributed by atoms with Crippen LogP contribution in [0.2, 0.25) is 0 Å². The average molecular weight is 303 g/mol.